The van der Waals surface area contributed by atoms with Crippen LogP contribution in [0, 0.1) is 0 Å². The van der Waals surface area contributed by atoms with Crippen LogP contribution in [0.1, 0.15) is 309 Å². The number of hydrogen-bond donors (Lipinski definition) is 6. The van der Waals surface area contributed by atoms with Gasteiger partial charge in [0.2, 0.25) is 5.91 Å². The average Bonchev–Trinajstić information content (AvgIpc) is 3.57. The van der Waals surface area contributed by atoms with Crippen molar-refractivity contribution in [3.63, 3.8) is 0 Å². The normalized spacial score (nSPS) is 18.6. The maximum atomic E-state index is 13.0. The number of aliphatic hydroxyl groups excluding tert-OH is 5. The first kappa shape index (κ1) is 78.1. The molecule has 1 heterocycles. The minimum Gasteiger partial charge on any atom is -0.466 e. The number of allylic oxidation sites excluding steroid dienone is 11. The Bertz CT molecular complexity index is 1610. The summed E-state index contributed by atoms with van der Waals surface area (Å²) in [5, 5.41) is 54.2. The molecular weight excluding hydrogens is 1040 g/mol. The van der Waals surface area contributed by atoms with E-state index in [0.29, 0.717) is 19.4 Å². The van der Waals surface area contributed by atoms with Crippen molar-refractivity contribution in [3.05, 3.63) is 72.9 Å². The number of esters is 1. The molecule has 11 nitrogen and oxygen atoms in total. The highest BCUT2D eigenvalue weighted by Crippen LogP contribution is 2.23. The lowest BCUT2D eigenvalue weighted by Crippen LogP contribution is -2.60. The highest BCUT2D eigenvalue weighted by Gasteiger charge is 2.44. The molecule has 6 N–H and O–H groups in total. The molecule has 7 unspecified atom stereocenters. The molecule has 1 aliphatic rings. The van der Waals surface area contributed by atoms with Crippen molar-refractivity contribution in [2.24, 2.45) is 0 Å². The van der Waals surface area contributed by atoms with Gasteiger partial charge in [-0.2, -0.15) is 0 Å². The summed E-state index contributed by atoms with van der Waals surface area (Å²) in [5.41, 5.74) is 0. The predicted octanol–water partition coefficient (Wildman–Crippen LogP) is 17.5. The molecule has 0 radical (unpaired) electrons. The van der Waals surface area contributed by atoms with Crippen molar-refractivity contribution in [3.8, 4) is 0 Å². The third kappa shape index (κ3) is 49.9. The van der Waals surface area contributed by atoms with Gasteiger partial charge in [-0.3, -0.25) is 9.59 Å². The number of amides is 1. The van der Waals surface area contributed by atoms with E-state index in [9.17, 15) is 35.1 Å². The van der Waals surface area contributed by atoms with Crippen LogP contribution in [0.25, 0.3) is 0 Å². The number of hydrogen-bond acceptors (Lipinski definition) is 10. The quantitative estimate of drug-likeness (QED) is 0.0195. The van der Waals surface area contributed by atoms with Gasteiger partial charge in [-0.25, -0.2) is 0 Å². The van der Waals surface area contributed by atoms with Crippen LogP contribution >= 0.6 is 0 Å². The highest BCUT2D eigenvalue weighted by molar-refractivity contribution is 5.76. The second-order valence-corrected chi connectivity index (χ2v) is 23.9. The SMILES string of the molecule is C/C=C/CC/C=C/CC/C=C/C(O)C(COC1OC(CO)C(O)C(O)C1O)NC(=O)CCCCCCCCCCCCCC/C=C\CCCCCCCCCCCCCCOC(=O)CCCCCCCCC/C=C\C/C=C\CCCCCC. The Balaban J connectivity index is 1.92. The summed E-state index contributed by atoms with van der Waals surface area (Å²) in [6.45, 7) is 4.08. The van der Waals surface area contributed by atoms with Gasteiger partial charge >= 0.3 is 5.97 Å². The molecule has 1 aliphatic heterocycles. The van der Waals surface area contributed by atoms with E-state index in [1.54, 1.807) is 6.08 Å². The monoisotopic (exact) mass is 1170 g/mol. The average molecular weight is 1170 g/mol. The van der Waals surface area contributed by atoms with Crippen LogP contribution in [0.4, 0.5) is 0 Å². The first-order valence-electron chi connectivity index (χ1n) is 34.7. The molecule has 0 aliphatic carbocycles. The van der Waals surface area contributed by atoms with Gasteiger partial charge in [-0.15, -0.1) is 0 Å². The molecule has 1 amide bonds. The van der Waals surface area contributed by atoms with Crippen LogP contribution in [0.15, 0.2) is 72.9 Å². The second-order valence-electron chi connectivity index (χ2n) is 23.9. The molecule has 83 heavy (non-hydrogen) atoms. The topological polar surface area (TPSA) is 175 Å². The standard InChI is InChI=1S/C72H129NO10/c1-3-5-7-9-11-13-14-15-16-17-31-34-37-40-44-48-52-56-60-68(77)81-61-57-53-49-45-41-38-35-32-29-27-25-23-21-19-18-20-22-24-26-28-30-33-36-39-43-47-51-55-59-67(76)73-64(65(75)58-54-50-46-42-12-10-8-6-4-2)63-82-72-71(80)70(79)69(78)66(62-74)83-72/h4,6,12-14,16-19,42,54,58,64-66,69-72,74-75,78-80H,3,5,7-11,15,20-41,43-53,55-57,59-63H2,1-2H3,(H,73,76)/b6-4+,14-13-,17-16-,19-18-,42-12+,58-54+. The van der Waals surface area contributed by atoms with Crippen molar-refractivity contribution in [1.82, 2.24) is 5.32 Å². The lowest BCUT2D eigenvalue weighted by Gasteiger charge is -2.40. The Morgan fingerprint density at radius 1 is 0.470 bits per heavy atom. The van der Waals surface area contributed by atoms with E-state index in [0.717, 1.165) is 70.6 Å². The summed E-state index contributed by atoms with van der Waals surface area (Å²) in [7, 11) is 0. The van der Waals surface area contributed by atoms with Gasteiger partial charge in [0.25, 0.3) is 0 Å². The van der Waals surface area contributed by atoms with Gasteiger partial charge in [0.15, 0.2) is 6.29 Å². The maximum absolute atomic E-state index is 13.0. The van der Waals surface area contributed by atoms with Crippen molar-refractivity contribution >= 4 is 11.9 Å². The minimum atomic E-state index is -1.58. The third-order valence-corrected chi connectivity index (χ3v) is 16.1. The van der Waals surface area contributed by atoms with Gasteiger partial charge in [0.05, 0.1) is 32.0 Å². The molecule has 482 valence electrons. The Hall–Kier alpha value is -2.90. The minimum absolute atomic E-state index is 0.00172. The second kappa shape index (κ2) is 60.8. The fourth-order valence-corrected chi connectivity index (χ4v) is 10.6. The van der Waals surface area contributed by atoms with Crippen molar-refractivity contribution in [2.75, 3.05) is 19.8 Å². The summed E-state index contributed by atoms with van der Waals surface area (Å²) in [6.07, 6.45) is 72.1. The van der Waals surface area contributed by atoms with Crippen LogP contribution in [0.5, 0.6) is 0 Å². The molecule has 0 saturated carbocycles. The van der Waals surface area contributed by atoms with Gasteiger partial charge in [-0.1, -0.05) is 260 Å². The van der Waals surface area contributed by atoms with Crippen LogP contribution in [-0.2, 0) is 23.8 Å². The molecule has 0 spiro atoms. The molecule has 11 heteroatoms. The molecule has 1 saturated heterocycles. The van der Waals surface area contributed by atoms with Crippen LogP contribution in [-0.4, -0.2) is 100 Å². The molecule has 0 bridgehead atoms. The first-order valence-corrected chi connectivity index (χ1v) is 34.7. The fraction of sp³-hybridized carbons (Fsp3) is 0.806. The number of aliphatic hydroxyl groups is 5. The summed E-state index contributed by atoms with van der Waals surface area (Å²) in [6, 6.07) is -0.835. The molecular formula is C72H129NO10. The van der Waals surface area contributed by atoms with Crippen molar-refractivity contribution < 1.29 is 49.3 Å². The smallest absolute Gasteiger partial charge is 0.305 e. The lowest BCUT2D eigenvalue weighted by molar-refractivity contribution is -0.302. The van der Waals surface area contributed by atoms with E-state index in [-0.39, 0.29) is 18.5 Å². The molecule has 1 fully saturated rings. The fourth-order valence-electron chi connectivity index (χ4n) is 10.6. The van der Waals surface area contributed by atoms with Crippen molar-refractivity contribution in [1.29, 1.82) is 0 Å². The zero-order chi connectivity index (χ0) is 60.2. The lowest BCUT2D eigenvalue weighted by atomic mass is 9.99. The zero-order valence-corrected chi connectivity index (χ0v) is 53.4. The van der Waals surface area contributed by atoms with Gasteiger partial charge in [-0.05, 0) is 110 Å². The van der Waals surface area contributed by atoms with Crippen LogP contribution in [0.2, 0.25) is 0 Å². The van der Waals surface area contributed by atoms with Gasteiger partial charge < -0.3 is 45.1 Å². The van der Waals surface area contributed by atoms with E-state index in [1.165, 1.54) is 212 Å². The number of carbonyl (C=O) groups excluding carboxylic acids is 2. The highest BCUT2D eigenvalue weighted by atomic mass is 16.7. The number of ether oxygens (including phenoxy) is 3. The molecule has 0 aromatic heterocycles. The summed E-state index contributed by atoms with van der Waals surface area (Å²) in [4.78, 5) is 25.1. The Kier molecular flexibility index (Phi) is 57.2. The number of nitrogens with one attached hydrogen (secondary N) is 1. The van der Waals surface area contributed by atoms with Crippen LogP contribution in [0.3, 0.4) is 0 Å². The van der Waals surface area contributed by atoms with E-state index >= 15 is 0 Å². The van der Waals surface area contributed by atoms with E-state index in [2.05, 4.69) is 66.9 Å². The Morgan fingerprint density at radius 2 is 0.867 bits per heavy atom. The molecule has 7 atom stereocenters. The van der Waals surface area contributed by atoms with Gasteiger partial charge in [0, 0.05) is 12.8 Å². The summed E-state index contributed by atoms with van der Waals surface area (Å²) >= 11 is 0. The van der Waals surface area contributed by atoms with Gasteiger partial charge in [0.1, 0.15) is 24.4 Å². The zero-order valence-electron chi connectivity index (χ0n) is 53.4. The summed E-state index contributed by atoms with van der Waals surface area (Å²) in [5.74, 6) is -0.202. The molecule has 1 rings (SSSR count). The van der Waals surface area contributed by atoms with E-state index < -0.39 is 49.5 Å². The number of unbranched alkanes of at least 4 members (excludes halogenated alkanes) is 37. The maximum Gasteiger partial charge on any atom is 0.305 e. The van der Waals surface area contributed by atoms with Crippen LogP contribution < -0.4 is 5.32 Å². The van der Waals surface area contributed by atoms with Crippen molar-refractivity contribution in [2.45, 2.75) is 352 Å². The largest absolute Gasteiger partial charge is 0.466 e. The Labute approximate surface area is 509 Å². The predicted molar refractivity (Wildman–Crippen MR) is 347 cm³/mol. The number of rotatable bonds is 60. The molecule has 0 aromatic carbocycles. The number of carbonyl (C=O) groups is 2. The Morgan fingerprint density at radius 3 is 1.34 bits per heavy atom. The molecule has 0 aromatic rings. The summed E-state index contributed by atoms with van der Waals surface area (Å²) < 4.78 is 16.7. The van der Waals surface area contributed by atoms with E-state index in [1.807, 2.05) is 19.1 Å². The van der Waals surface area contributed by atoms with E-state index in [4.69, 9.17) is 14.2 Å². The third-order valence-electron chi connectivity index (χ3n) is 16.1. The first-order chi connectivity index (χ1) is 40.7.